The van der Waals surface area contributed by atoms with Gasteiger partial charge in [-0.15, -0.1) is 0 Å². The van der Waals surface area contributed by atoms with E-state index in [1.54, 1.807) is 12.3 Å². The van der Waals surface area contributed by atoms with Crippen LogP contribution in [0.5, 0.6) is 5.75 Å². The highest BCUT2D eigenvalue weighted by atomic mass is 32.2. The summed E-state index contributed by atoms with van der Waals surface area (Å²) in [5.41, 5.74) is 2.46. The second-order valence-electron chi connectivity index (χ2n) is 6.86. The number of hydrogen-bond acceptors (Lipinski definition) is 6. The Hall–Kier alpha value is -2.82. The molecule has 3 rings (SSSR count). The van der Waals surface area contributed by atoms with E-state index < -0.39 is 10.0 Å². The van der Waals surface area contributed by atoms with Crippen molar-refractivity contribution < 1.29 is 17.9 Å². The first-order valence-electron chi connectivity index (χ1n) is 9.36. The maximum atomic E-state index is 12.5. The molecule has 0 aliphatic carbocycles. The monoisotopic (exact) mass is 460 g/mol. The molecule has 31 heavy (non-hydrogen) atoms. The van der Waals surface area contributed by atoms with Gasteiger partial charge < -0.3 is 10.1 Å². The van der Waals surface area contributed by atoms with Gasteiger partial charge >= 0.3 is 0 Å². The summed E-state index contributed by atoms with van der Waals surface area (Å²) in [6.07, 6.45) is 3.54. The fourth-order valence-electron chi connectivity index (χ4n) is 2.89. The molecule has 0 bridgehead atoms. The Labute approximate surface area is 186 Å². The standard InChI is InChI=1S/C21H24N4O4S2/c1-15-7-5-6-8-17(15)25-12-11-22-21(25)30-14-20(26)23-16-9-10-18(29-4)19(13-16)31(27,28)24(2)3/h5-13H,14H2,1-4H3,(H,23,26). The summed E-state index contributed by atoms with van der Waals surface area (Å²) in [5.74, 6) is 0.0501. The van der Waals surface area contributed by atoms with Crippen LogP contribution in [0.3, 0.4) is 0 Å². The molecule has 0 saturated carbocycles. The molecule has 0 aliphatic rings. The zero-order chi connectivity index (χ0) is 22.6. The lowest BCUT2D eigenvalue weighted by atomic mass is 10.2. The molecule has 0 spiro atoms. The van der Waals surface area contributed by atoms with Crippen LogP contribution >= 0.6 is 11.8 Å². The van der Waals surface area contributed by atoms with Crippen LogP contribution in [0.25, 0.3) is 5.69 Å². The second-order valence-corrected chi connectivity index (χ2v) is 9.92. The summed E-state index contributed by atoms with van der Waals surface area (Å²) in [7, 11) is 0.546. The number of thioether (sulfide) groups is 1. The number of methoxy groups -OCH3 is 1. The van der Waals surface area contributed by atoms with Crippen molar-refractivity contribution in [3.8, 4) is 11.4 Å². The van der Waals surface area contributed by atoms with Gasteiger partial charge in [-0.25, -0.2) is 17.7 Å². The molecule has 0 aliphatic heterocycles. The van der Waals surface area contributed by atoms with Crippen molar-refractivity contribution in [2.75, 3.05) is 32.3 Å². The number of carbonyl (C=O) groups is 1. The maximum absolute atomic E-state index is 12.5. The number of anilines is 1. The number of imidazole rings is 1. The summed E-state index contributed by atoms with van der Waals surface area (Å²) in [6, 6.07) is 12.4. The number of rotatable bonds is 8. The number of amides is 1. The number of nitrogens with one attached hydrogen (secondary N) is 1. The van der Waals surface area contributed by atoms with Crippen molar-refractivity contribution in [2.24, 2.45) is 0 Å². The number of carbonyl (C=O) groups excluding carboxylic acids is 1. The number of sulfonamides is 1. The van der Waals surface area contributed by atoms with Crippen LogP contribution in [-0.2, 0) is 14.8 Å². The van der Waals surface area contributed by atoms with Gasteiger partial charge in [-0.1, -0.05) is 30.0 Å². The van der Waals surface area contributed by atoms with Gasteiger partial charge in [-0.2, -0.15) is 0 Å². The Morgan fingerprint density at radius 1 is 1.23 bits per heavy atom. The molecular weight excluding hydrogens is 436 g/mol. The van der Waals surface area contributed by atoms with Crippen molar-refractivity contribution in [3.05, 3.63) is 60.4 Å². The molecule has 0 saturated heterocycles. The topological polar surface area (TPSA) is 93.5 Å². The summed E-state index contributed by atoms with van der Waals surface area (Å²) in [6.45, 7) is 2.01. The second kappa shape index (κ2) is 9.54. The molecule has 1 N–H and O–H groups in total. The third-order valence-electron chi connectivity index (χ3n) is 4.52. The van der Waals surface area contributed by atoms with Crippen LogP contribution in [0.15, 0.2) is 64.9 Å². The largest absolute Gasteiger partial charge is 0.495 e. The Morgan fingerprint density at radius 3 is 2.65 bits per heavy atom. The van der Waals surface area contributed by atoms with Crippen molar-refractivity contribution in [3.63, 3.8) is 0 Å². The molecule has 1 aromatic heterocycles. The Balaban J connectivity index is 1.73. The summed E-state index contributed by atoms with van der Waals surface area (Å²) in [5, 5.41) is 3.43. The highest BCUT2D eigenvalue weighted by Gasteiger charge is 2.23. The summed E-state index contributed by atoms with van der Waals surface area (Å²) < 4.78 is 33.3. The molecule has 10 heteroatoms. The minimum atomic E-state index is -3.73. The first-order chi connectivity index (χ1) is 14.7. The van der Waals surface area contributed by atoms with E-state index in [0.29, 0.717) is 10.8 Å². The van der Waals surface area contributed by atoms with Crippen LogP contribution in [-0.4, -0.2) is 55.1 Å². The molecule has 0 radical (unpaired) electrons. The highest BCUT2D eigenvalue weighted by Crippen LogP contribution is 2.29. The van der Waals surface area contributed by atoms with Crippen molar-refractivity contribution >= 4 is 33.4 Å². The Bertz CT molecular complexity index is 1190. The van der Waals surface area contributed by atoms with E-state index in [1.807, 2.05) is 42.0 Å². The van der Waals surface area contributed by atoms with Crippen molar-refractivity contribution in [1.82, 2.24) is 13.9 Å². The van der Waals surface area contributed by atoms with E-state index in [4.69, 9.17) is 4.74 Å². The minimum Gasteiger partial charge on any atom is -0.495 e. The van der Waals surface area contributed by atoms with Crippen LogP contribution in [0.4, 0.5) is 5.69 Å². The zero-order valence-electron chi connectivity index (χ0n) is 17.7. The lowest BCUT2D eigenvalue weighted by Crippen LogP contribution is -2.23. The first kappa shape index (κ1) is 22.9. The molecule has 3 aromatic rings. The predicted octanol–water partition coefficient (Wildman–Crippen LogP) is 3.17. The van der Waals surface area contributed by atoms with E-state index in [0.717, 1.165) is 15.6 Å². The molecular formula is C21H24N4O4S2. The fourth-order valence-corrected chi connectivity index (χ4v) is 4.73. The lowest BCUT2D eigenvalue weighted by molar-refractivity contribution is -0.113. The number of aryl methyl sites for hydroxylation is 1. The van der Waals surface area contributed by atoms with Crippen LogP contribution < -0.4 is 10.1 Å². The number of para-hydroxylation sites is 1. The zero-order valence-corrected chi connectivity index (χ0v) is 19.3. The fraction of sp³-hybridized carbons (Fsp3) is 0.238. The number of nitrogens with zero attached hydrogens (tertiary/aromatic N) is 3. The number of ether oxygens (including phenoxy) is 1. The van der Waals surface area contributed by atoms with Gasteiger partial charge in [0.25, 0.3) is 0 Å². The Morgan fingerprint density at radius 2 is 1.97 bits per heavy atom. The quantitative estimate of drug-likeness (QED) is 0.519. The minimum absolute atomic E-state index is 0.0134. The average molecular weight is 461 g/mol. The number of hydrogen-bond donors (Lipinski definition) is 1. The molecule has 8 nitrogen and oxygen atoms in total. The summed E-state index contributed by atoms with van der Waals surface area (Å²) in [4.78, 5) is 16.8. The number of benzene rings is 2. The van der Waals surface area contributed by atoms with E-state index in [9.17, 15) is 13.2 Å². The van der Waals surface area contributed by atoms with E-state index in [1.165, 1.54) is 45.1 Å². The normalized spacial score (nSPS) is 11.5. The van der Waals surface area contributed by atoms with Gasteiger partial charge in [0.2, 0.25) is 15.9 Å². The van der Waals surface area contributed by atoms with Gasteiger partial charge in [-0.3, -0.25) is 9.36 Å². The predicted molar refractivity (Wildman–Crippen MR) is 122 cm³/mol. The van der Waals surface area contributed by atoms with Gasteiger partial charge in [0.15, 0.2) is 5.16 Å². The lowest BCUT2D eigenvalue weighted by Gasteiger charge is -2.16. The smallest absolute Gasteiger partial charge is 0.246 e. The van der Waals surface area contributed by atoms with Gasteiger partial charge in [0.05, 0.1) is 18.6 Å². The van der Waals surface area contributed by atoms with Gasteiger partial charge in [0, 0.05) is 32.2 Å². The molecule has 2 aromatic carbocycles. The highest BCUT2D eigenvalue weighted by molar-refractivity contribution is 7.99. The molecule has 1 amide bonds. The number of aromatic nitrogens is 2. The first-order valence-corrected chi connectivity index (χ1v) is 11.8. The third-order valence-corrected chi connectivity index (χ3v) is 7.32. The van der Waals surface area contributed by atoms with Gasteiger partial charge in [-0.05, 0) is 36.8 Å². The van der Waals surface area contributed by atoms with Crippen LogP contribution in [0, 0.1) is 6.92 Å². The van der Waals surface area contributed by atoms with E-state index in [2.05, 4.69) is 10.3 Å². The molecule has 0 fully saturated rings. The third kappa shape index (κ3) is 5.09. The van der Waals surface area contributed by atoms with E-state index in [-0.39, 0.29) is 22.3 Å². The molecule has 164 valence electrons. The van der Waals surface area contributed by atoms with Crippen molar-refractivity contribution in [2.45, 2.75) is 17.0 Å². The van der Waals surface area contributed by atoms with Crippen LogP contribution in [0.1, 0.15) is 5.56 Å². The molecule has 0 atom stereocenters. The average Bonchev–Trinajstić information content (AvgIpc) is 3.20. The van der Waals surface area contributed by atoms with Crippen LogP contribution in [0.2, 0.25) is 0 Å². The SMILES string of the molecule is COc1ccc(NC(=O)CSc2nccn2-c2ccccc2C)cc1S(=O)(=O)N(C)C. The van der Waals surface area contributed by atoms with Crippen molar-refractivity contribution in [1.29, 1.82) is 0 Å². The molecule has 0 unspecified atom stereocenters. The summed E-state index contributed by atoms with van der Waals surface area (Å²) >= 11 is 1.30. The van der Waals surface area contributed by atoms with E-state index >= 15 is 0 Å². The van der Waals surface area contributed by atoms with Gasteiger partial charge in [0.1, 0.15) is 10.6 Å². The maximum Gasteiger partial charge on any atom is 0.246 e. The Kier molecular flexibility index (Phi) is 7.04. The molecule has 1 heterocycles.